The normalized spacial score (nSPS) is 12.2. The Bertz CT molecular complexity index is 720. The van der Waals surface area contributed by atoms with Crippen molar-refractivity contribution in [2.24, 2.45) is 12.8 Å². The van der Waals surface area contributed by atoms with Crippen molar-refractivity contribution >= 4 is 33.5 Å². The van der Waals surface area contributed by atoms with Gasteiger partial charge in [0.25, 0.3) is 17.6 Å². The van der Waals surface area contributed by atoms with E-state index in [4.69, 9.17) is 5.73 Å². The van der Waals surface area contributed by atoms with E-state index in [0.717, 1.165) is 0 Å². The number of nitrogens with two attached hydrogens (primary N) is 1. The summed E-state index contributed by atoms with van der Waals surface area (Å²) >= 11 is 3.14. The van der Waals surface area contributed by atoms with E-state index in [9.17, 15) is 18.8 Å². The Labute approximate surface area is 141 Å². The van der Waals surface area contributed by atoms with Gasteiger partial charge >= 0.3 is 0 Å². The number of aromatic nitrogens is 1. The molecule has 8 heteroatoms. The summed E-state index contributed by atoms with van der Waals surface area (Å²) < 4.78 is 14.1. The van der Waals surface area contributed by atoms with Crippen molar-refractivity contribution in [2.45, 2.75) is 13.8 Å². The second-order valence-electron chi connectivity index (χ2n) is 4.83. The maximum absolute atomic E-state index is 12.5. The fourth-order valence-electron chi connectivity index (χ4n) is 1.83. The highest BCUT2D eigenvalue weighted by molar-refractivity contribution is 9.10. The van der Waals surface area contributed by atoms with Gasteiger partial charge in [-0.05, 0) is 41.4 Å². The quantitative estimate of drug-likeness (QED) is 0.445. The Morgan fingerprint density at radius 1 is 1.43 bits per heavy atom. The number of alkyl halides is 1. The van der Waals surface area contributed by atoms with Gasteiger partial charge in [0, 0.05) is 18.9 Å². The lowest BCUT2D eigenvalue weighted by atomic mass is 10.2. The summed E-state index contributed by atoms with van der Waals surface area (Å²) in [5, 5.41) is 2.61. The predicted molar refractivity (Wildman–Crippen MR) is 87.6 cm³/mol. The molecule has 0 unspecified atom stereocenters. The number of nitrogens with zero attached hydrogens (tertiary/aromatic N) is 1. The highest BCUT2D eigenvalue weighted by atomic mass is 79.9. The van der Waals surface area contributed by atoms with Crippen molar-refractivity contribution in [3.63, 3.8) is 0 Å². The van der Waals surface area contributed by atoms with Gasteiger partial charge in [0.2, 0.25) is 0 Å². The van der Waals surface area contributed by atoms with Gasteiger partial charge in [-0.1, -0.05) is 6.08 Å². The molecule has 3 N–H and O–H groups in total. The molecule has 0 aliphatic carbocycles. The number of rotatable bonds is 6. The number of aryl methyl sites for hydroxylation is 1. The molecule has 0 aliphatic rings. The first kappa shape index (κ1) is 18.8. The lowest BCUT2D eigenvalue weighted by molar-refractivity contribution is -0.114. The molecule has 0 atom stereocenters. The van der Waals surface area contributed by atoms with Crippen LogP contribution < -0.4 is 11.1 Å². The van der Waals surface area contributed by atoms with Crippen molar-refractivity contribution in [1.29, 1.82) is 0 Å². The van der Waals surface area contributed by atoms with Crippen LogP contribution in [0, 0.1) is 0 Å². The van der Waals surface area contributed by atoms with Crippen LogP contribution in [0.25, 0.3) is 0 Å². The number of allylic oxidation sites excluding steroid dienone is 3. The van der Waals surface area contributed by atoms with E-state index < -0.39 is 24.3 Å². The number of halogens is 2. The van der Waals surface area contributed by atoms with Crippen LogP contribution in [0.15, 0.2) is 34.1 Å². The maximum Gasteiger partial charge on any atom is 0.289 e. The van der Waals surface area contributed by atoms with E-state index in [2.05, 4.69) is 21.2 Å². The monoisotopic (exact) mass is 385 g/mol. The molecule has 6 nitrogen and oxygen atoms in total. The number of hydrogen-bond acceptors (Lipinski definition) is 3. The molecule has 1 aromatic heterocycles. The van der Waals surface area contributed by atoms with Crippen LogP contribution in [0.4, 0.5) is 4.39 Å². The molecule has 0 saturated carbocycles. The van der Waals surface area contributed by atoms with Crippen LogP contribution in [0.3, 0.4) is 0 Å². The molecule has 1 aromatic rings. The van der Waals surface area contributed by atoms with Crippen molar-refractivity contribution in [3.8, 4) is 0 Å². The number of ketones is 1. The minimum Gasteiger partial charge on any atom is -0.363 e. The number of primary amides is 1. The molecule has 2 amide bonds. The lowest BCUT2D eigenvalue weighted by Gasteiger charge is -2.08. The highest BCUT2D eigenvalue weighted by Gasteiger charge is 2.25. The van der Waals surface area contributed by atoms with Gasteiger partial charge < -0.3 is 15.6 Å². The molecule has 0 spiro atoms. The minimum atomic E-state index is -1.11. The van der Waals surface area contributed by atoms with Crippen LogP contribution >= 0.6 is 15.9 Å². The van der Waals surface area contributed by atoms with Crippen molar-refractivity contribution < 1.29 is 18.8 Å². The Morgan fingerprint density at radius 3 is 2.52 bits per heavy atom. The third-order valence-corrected chi connectivity index (χ3v) is 3.79. The first-order valence-corrected chi connectivity index (χ1v) is 7.41. The van der Waals surface area contributed by atoms with Crippen molar-refractivity contribution in [2.75, 3.05) is 6.67 Å². The molecule has 1 heterocycles. The summed E-state index contributed by atoms with van der Waals surface area (Å²) in [5.41, 5.74) is 5.99. The Morgan fingerprint density at radius 2 is 2.04 bits per heavy atom. The van der Waals surface area contributed by atoms with Crippen LogP contribution in [-0.2, 0) is 11.8 Å². The highest BCUT2D eigenvalue weighted by Crippen LogP contribution is 2.24. The standard InChI is InChI=1S/C15H17BrFN3O3/c1-4-9(5-8(2)6-17)19-15(23)12-11(16)10(7-20(12)3)13(21)14(18)22/h4-5,7H,6H2,1-3H3,(H2,18,22)(H,19,23)/b8-5-,9-4+. The van der Waals surface area contributed by atoms with Gasteiger partial charge in [-0.2, -0.15) is 0 Å². The number of hydrogen-bond donors (Lipinski definition) is 2. The van der Waals surface area contributed by atoms with Gasteiger partial charge in [-0.3, -0.25) is 14.4 Å². The smallest absolute Gasteiger partial charge is 0.289 e. The zero-order chi connectivity index (χ0) is 17.7. The maximum atomic E-state index is 12.5. The van der Waals surface area contributed by atoms with Gasteiger partial charge in [0.1, 0.15) is 12.4 Å². The van der Waals surface area contributed by atoms with E-state index in [-0.39, 0.29) is 15.7 Å². The molecule has 0 fully saturated rings. The number of nitrogens with one attached hydrogen (secondary N) is 1. The average Bonchev–Trinajstić information content (AvgIpc) is 2.79. The number of Topliss-reactive ketones (excluding diaryl/α,β-unsaturated/α-hetero) is 1. The van der Waals surface area contributed by atoms with E-state index in [1.807, 2.05) is 0 Å². The molecule has 0 aromatic carbocycles. The molecule has 23 heavy (non-hydrogen) atoms. The van der Waals surface area contributed by atoms with Crippen molar-refractivity contribution in [3.05, 3.63) is 45.3 Å². The molecule has 0 aliphatic heterocycles. The topological polar surface area (TPSA) is 94.2 Å². The zero-order valence-corrected chi connectivity index (χ0v) is 14.5. The zero-order valence-electron chi connectivity index (χ0n) is 12.9. The van der Waals surface area contributed by atoms with Crippen molar-refractivity contribution in [1.82, 2.24) is 9.88 Å². The Hall–Kier alpha value is -2.22. The molecule has 0 saturated heterocycles. The minimum absolute atomic E-state index is 0.00246. The Kier molecular flexibility index (Phi) is 6.44. The largest absolute Gasteiger partial charge is 0.363 e. The molecule has 1 rings (SSSR count). The van der Waals surface area contributed by atoms with Gasteiger partial charge in [0.15, 0.2) is 0 Å². The second-order valence-corrected chi connectivity index (χ2v) is 5.63. The predicted octanol–water partition coefficient (Wildman–Crippen LogP) is 2.01. The first-order valence-electron chi connectivity index (χ1n) is 6.62. The SMILES string of the molecule is C/C=C(\C=C(\C)CF)NC(=O)c1c(Br)c(C(=O)C(N)=O)cn1C. The molecule has 0 radical (unpaired) electrons. The molecule has 0 bridgehead atoms. The fraction of sp³-hybridized carbons (Fsp3) is 0.267. The third kappa shape index (κ3) is 4.38. The van der Waals surface area contributed by atoms with E-state index >= 15 is 0 Å². The lowest BCUT2D eigenvalue weighted by Crippen LogP contribution is -2.25. The molecule has 124 valence electrons. The Balaban J connectivity index is 3.15. The van der Waals surface area contributed by atoms with Crippen LogP contribution in [0.2, 0.25) is 0 Å². The molecular weight excluding hydrogens is 369 g/mol. The second kappa shape index (κ2) is 7.87. The van der Waals surface area contributed by atoms with Crippen LogP contribution in [0.5, 0.6) is 0 Å². The molecular formula is C15H17BrFN3O3. The fourth-order valence-corrected chi connectivity index (χ4v) is 2.58. The number of carbonyl (C=O) groups excluding carboxylic acids is 3. The van der Waals surface area contributed by atoms with Gasteiger partial charge in [0.05, 0.1) is 10.0 Å². The summed E-state index contributed by atoms with van der Waals surface area (Å²) in [6, 6.07) is 0. The van der Waals surface area contributed by atoms with E-state index in [0.29, 0.717) is 11.3 Å². The number of amides is 2. The summed E-state index contributed by atoms with van der Waals surface area (Å²) in [6.07, 6.45) is 4.46. The summed E-state index contributed by atoms with van der Waals surface area (Å²) in [4.78, 5) is 35.1. The first-order chi connectivity index (χ1) is 10.7. The number of carbonyl (C=O) groups is 3. The average molecular weight is 386 g/mol. The van der Waals surface area contributed by atoms with E-state index in [1.165, 1.54) is 16.8 Å². The van der Waals surface area contributed by atoms with Crippen LogP contribution in [-0.4, -0.2) is 28.8 Å². The third-order valence-electron chi connectivity index (χ3n) is 2.98. The van der Waals surface area contributed by atoms with Gasteiger partial charge in [-0.25, -0.2) is 4.39 Å². The van der Waals surface area contributed by atoms with Crippen LogP contribution in [0.1, 0.15) is 34.7 Å². The van der Waals surface area contributed by atoms with E-state index in [1.54, 1.807) is 27.0 Å². The summed E-state index contributed by atoms with van der Waals surface area (Å²) in [6.45, 7) is 2.66. The summed E-state index contributed by atoms with van der Waals surface area (Å²) in [7, 11) is 1.55. The van der Waals surface area contributed by atoms with Gasteiger partial charge in [-0.15, -0.1) is 0 Å². The summed E-state index contributed by atoms with van der Waals surface area (Å²) in [5.74, 6) is -2.52.